The molecule has 0 aliphatic carbocycles. The number of amides is 2. The first-order valence-corrected chi connectivity index (χ1v) is 7.48. The summed E-state index contributed by atoms with van der Waals surface area (Å²) in [6.45, 7) is -1.43. The summed E-state index contributed by atoms with van der Waals surface area (Å²) in [4.78, 5) is 27.6. The van der Waals surface area contributed by atoms with Crippen molar-refractivity contribution in [3.8, 4) is 17.4 Å². The van der Waals surface area contributed by atoms with Crippen LogP contribution in [0.1, 0.15) is 20.7 Å². The Morgan fingerprint density at radius 1 is 1.04 bits per heavy atom. The molecule has 27 heavy (non-hydrogen) atoms. The molecule has 0 saturated carbocycles. The third-order valence-electron chi connectivity index (χ3n) is 3.31. The molecule has 0 saturated heterocycles. The van der Waals surface area contributed by atoms with E-state index in [0.29, 0.717) is 11.5 Å². The van der Waals surface area contributed by atoms with Gasteiger partial charge in [0.05, 0.1) is 5.56 Å². The quantitative estimate of drug-likeness (QED) is 0.782. The molecule has 0 radical (unpaired) electrons. The van der Waals surface area contributed by atoms with E-state index >= 15 is 0 Å². The van der Waals surface area contributed by atoms with Gasteiger partial charge in [0, 0.05) is 17.8 Å². The van der Waals surface area contributed by atoms with Crippen LogP contribution in [-0.4, -0.2) is 36.4 Å². The van der Waals surface area contributed by atoms with Crippen LogP contribution < -0.4 is 25.1 Å². The molecule has 0 fully saturated rings. The Bertz CT molecular complexity index is 855. The molecule has 3 rings (SSSR count). The van der Waals surface area contributed by atoms with Crippen LogP contribution in [0.25, 0.3) is 0 Å². The molecule has 142 valence electrons. The zero-order chi connectivity index (χ0) is 19.4. The van der Waals surface area contributed by atoms with Crippen LogP contribution in [0.4, 0.5) is 13.2 Å². The fourth-order valence-electron chi connectivity index (χ4n) is 2.05. The molecule has 2 aromatic rings. The highest BCUT2D eigenvalue weighted by Gasteiger charge is 2.28. The molecule has 8 nitrogen and oxygen atoms in total. The Balaban J connectivity index is 1.53. The number of halogens is 3. The number of nitrogens with one attached hydrogen (secondary N) is 2. The van der Waals surface area contributed by atoms with Crippen LogP contribution in [0, 0.1) is 0 Å². The van der Waals surface area contributed by atoms with Gasteiger partial charge >= 0.3 is 6.18 Å². The fourth-order valence-corrected chi connectivity index (χ4v) is 2.05. The van der Waals surface area contributed by atoms with E-state index in [9.17, 15) is 22.8 Å². The Kier molecular flexibility index (Phi) is 5.01. The Labute approximate surface area is 150 Å². The van der Waals surface area contributed by atoms with Crippen LogP contribution in [0.3, 0.4) is 0 Å². The largest absolute Gasteiger partial charge is 0.468 e. The Morgan fingerprint density at radius 3 is 2.37 bits per heavy atom. The number of alkyl halides is 3. The summed E-state index contributed by atoms with van der Waals surface area (Å²) in [5.74, 6) is -0.672. The highest BCUT2D eigenvalue weighted by atomic mass is 19.4. The lowest BCUT2D eigenvalue weighted by atomic mass is 10.2. The van der Waals surface area contributed by atoms with Gasteiger partial charge in [-0.2, -0.15) is 13.2 Å². The zero-order valence-electron chi connectivity index (χ0n) is 13.5. The van der Waals surface area contributed by atoms with Crippen LogP contribution in [0.15, 0.2) is 36.5 Å². The van der Waals surface area contributed by atoms with Gasteiger partial charge < -0.3 is 14.2 Å². The number of aromatic nitrogens is 1. The van der Waals surface area contributed by atoms with Gasteiger partial charge in [0.2, 0.25) is 12.7 Å². The second-order valence-electron chi connectivity index (χ2n) is 5.27. The summed E-state index contributed by atoms with van der Waals surface area (Å²) in [5.41, 5.74) is 4.62. The number of hydrogen-bond donors (Lipinski definition) is 2. The van der Waals surface area contributed by atoms with E-state index in [-0.39, 0.29) is 23.8 Å². The average Bonchev–Trinajstić information content (AvgIpc) is 3.11. The highest BCUT2D eigenvalue weighted by Crippen LogP contribution is 2.32. The fraction of sp³-hybridized carbons (Fsp3) is 0.188. The smallest absolute Gasteiger partial charge is 0.422 e. The van der Waals surface area contributed by atoms with Crippen molar-refractivity contribution in [2.75, 3.05) is 13.4 Å². The number of ether oxygens (including phenoxy) is 3. The third kappa shape index (κ3) is 4.77. The van der Waals surface area contributed by atoms with Gasteiger partial charge in [0.1, 0.15) is 0 Å². The first-order chi connectivity index (χ1) is 12.8. The summed E-state index contributed by atoms with van der Waals surface area (Å²) in [6, 6.07) is 6.82. The lowest BCUT2D eigenvalue weighted by Gasteiger charge is -2.09. The molecule has 1 aliphatic heterocycles. The van der Waals surface area contributed by atoms with Crippen molar-refractivity contribution in [2.45, 2.75) is 6.18 Å². The zero-order valence-corrected chi connectivity index (χ0v) is 13.5. The van der Waals surface area contributed by atoms with E-state index in [1.54, 1.807) is 6.07 Å². The van der Waals surface area contributed by atoms with Crippen molar-refractivity contribution in [1.29, 1.82) is 0 Å². The van der Waals surface area contributed by atoms with Crippen LogP contribution >= 0.6 is 0 Å². The molecule has 2 amide bonds. The summed E-state index contributed by atoms with van der Waals surface area (Å²) in [7, 11) is 0. The van der Waals surface area contributed by atoms with Gasteiger partial charge in [0.25, 0.3) is 11.8 Å². The molecule has 1 aromatic carbocycles. The maximum atomic E-state index is 12.1. The maximum Gasteiger partial charge on any atom is 0.422 e. The number of fused-ring (bicyclic) bond motifs is 1. The number of carbonyl (C=O) groups excluding carboxylic acids is 2. The minimum Gasteiger partial charge on any atom is -0.468 e. The molecule has 0 atom stereocenters. The molecule has 0 unspecified atom stereocenters. The van der Waals surface area contributed by atoms with Crippen molar-refractivity contribution < 1.29 is 37.0 Å². The predicted molar refractivity (Wildman–Crippen MR) is 83.3 cm³/mol. The van der Waals surface area contributed by atoms with E-state index in [2.05, 4.69) is 20.6 Å². The molecule has 1 aliphatic rings. The standard InChI is InChI=1S/C16H12F3N3O5/c17-16(18,19)7-25-13-4-2-10(6-20-13)15(24)22-21-14(23)9-1-3-11-12(5-9)27-8-26-11/h1-6H,7-8H2,(H,21,23)(H,22,24). The van der Waals surface area contributed by atoms with Crippen molar-refractivity contribution in [3.63, 3.8) is 0 Å². The summed E-state index contributed by atoms with van der Waals surface area (Å²) >= 11 is 0. The van der Waals surface area contributed by atoms with Gasteiger partial charge in [-0.15, -0.1) is 0 Å². The SMILES string of the molecule is O=C(NNC(=O)c1ccc2c(c1)OCO2)c1ccc(OCC(F)(F)F)nc1. The third-order valence-corrected chi connectivity index (χ3v) is 3.31. The topological polar surface area (TPSA) is 98.8 Å². The van der Waals surface area contributed by atoms with Crippen LogP contribution in [-0.2, 0) is 0 Å². The number of benzene rings is 1. The van der Waals surface area contributed by atoms with E-state index in [4.69, 9.17) is 9.47 Å². The van der Waals surface area contributed by atoms with Crippen molar-refractivity contribution in [1.82, 2.24) is 15.8 Å². The normalized spacial score (nSPS) is 12.4. The van der Waals surface area contributed by atoms with Gasteiger partial charge in [-0.3, -0.25) is 20.4 Å². The van der Waals surface area contributed by atoms with Crippen molar-refractivity contribution >= 4 is 11.8 Å². The van der Waals surface area contributed by atoms with E-state index < -0.39 is 24.6 Å². The number of pyridine rings is 1. The Hall–Kier alpha value is -3.50. The molecule has 0 bridgehead atoms. The summed E-state index contributed by atoms with van der Waals surface area (Å²) in [5, 5.41) is 0. The molecular formula is C16H12F3N3O5. The molecule has 2 N–H and O–H groups in total. The van der Waals surface area contributed by atoms with Gasteiger partial charge in [-0.1, -0.05) is 0 Å². The molecule has 11 heteroatoms. The first kappa shape index (κ1) is 18.3. The van der Waals surface area contributed by atoms with Crippen molar-refractivity contribution in [3.05, 3.63) is 47.7 Å². The van der Waals surface area contributed by atoms with Gasteiger partial charge in [-0.25, -0.2) is 4.98 Å². The van der Waals surface area contributed by atoms with Crippen LogP contribution in [0.2, 0.25) is 0 Å². The van der Waals surface area contributed by atoms with E-state index in [1.807, 2.05) is 0 Å². The van der Waals surface area contributed by atoms with Gasteiger partial charge in [-0.05, 0) is 24.3 Å². The molecular weight excluding hydrogens is 371 g/mol. The van der Waals surface area contributed by atoms with Crippen LogP contribution in [0.5, 0.6) is 17.4 Å². The lowest BCUT2D eigenvalue weighted by Crippen LogP contribution is -2.41. The molecule has 1 aromatic heterocycles. The minimum atomic E-state index is -4.49. The van der Waals surface area contributed by atoms with E-state index in [1.165, 1.54) is 18.2 Å². The Morgan fingerprint density at radius 2 is 1.70 bits per heavy atom. The number of carbonyl (C=O) groups is 2. The summed E-state index contributed by atoms with van der Waals surface area (Å²) < 4.78 is 50.9. The van der Waals surface area contributed by atoms with E-state index in [0.717, 1.165) is 12.3 Å². The number of rotatable bonds is 4. The molecule has 2 heterocycles. The maximum absolute atomic E-state index is 12.1. The predicted octanol–water partition coefficient (Wildman–Crippen LogP) is 1.83. The number of hydrogen-bond acceptors (Lipinski definition) is 6. The van der Waals surface area contributed by atoms with Gasteiger partial charge in [0.15, 0.2) is 18.1 Å². The minimum absolute atomic E-state index is 0.0142. The summed E-state index contributed by atoms with van der Waals surface area (Å²) in [6.07, 6.45) is -3.47. The monoisotopic (exact) mass is 383 g/mol. The highest BCUT2D eigenvalue weighted by molar-refractivity contribution is 5.99. The molecule has 0 spiro atoms. The van der Waals surface area contributed by atoms with Crippen molar-refractivity contribution in [2.24, 2.45) is 0 Å². The number of nitrogens with zero attached hydrogens (tertiary/aromatic N) is 1. The lowest BCUT2D eigenvalue weighted by molar-refractivity contribution is -0.154. The second-order valence-corrected chi connectivity index (χ2v) is 5.27. The second kappa shape index (κ2) is 7.40. The number of hydrazine groups is 1. The average molecular weight is 383 g/mol. The first-order valence-electron chi connectivity index (χ1n) is 7.48.